The molecule has 2 aromatic heterocycles. The van der Waals surface area contributed by atoms with E-state index in [2.05, 4.69) is 34.7 Å². The molecule has 3 aromatic carbocycles. The van der Waals surface area contributed by atoms with Crippen LogP contribution in [0.15, 0.2) is 77.7 Å². The lowest BCUT2D eigenvalue weighted by molar-refractivity contribution is 0.108. The lowest BCUT2D eigenvalue weighted by Gasteiger charge is -2.14. The van der Waals surface area contributed by atoms with E-state index < -0.39 is 6.10 Å². The van der Waals surface area contributed by atoms with Crippen molar-refractivity contribution in [3.05, 3.63) is 100 Å². The van der Waals surface area contributed by atoms with Crippen LogP contribution in [-0.2, 0) is 27.1 Å². The summed E-state index contributed by atoms with van der Waals surface area (Å²) in [6, 6.07) is 21.8. The highest BCUT2D eigenvalue weighted by molar-refractivity contribution is 5.83. The molecule has 0 spiro atoms. The fourth-order valence-corrected chi connectivity index (χ4v) is 4.50. The minimum Gasteiger partial charge on any atom is -0.491 e. The highest BCUT2D eigenvalue weighted by Gasteiger charge is 2.13. The summed E-state index contributed by atoms with van der Waals surface area (Å²) in [6.07, 6.45) is 2.26. The van der Waals surface area contributed by atoms with Crippen LogP contribution in [0.3, 0.4) is 0 Å². The molecule has 0 fully saturated rings. The highest BCUT2D eigenvalue weighted by Crippen LogP contribution is 2.21. The number of benzene rings is 3. The number of nitrogens with zero attached hydrogens (tertiary/aromatic N) is 2. The van der Waals surface area contributed by atoms with Gasteiger partial charge in [0.05, 0.1) is 11.0 Å². The number of aromatic nitrogens is 3. The third-order valence-corrected chi connectivity index (χ3v) is 6.59. The van der Waals surface area contributed by atoms with Gasteiger partial charge < -0.3 is 20.1 Å². The van der Waals surface area contributed by atoms with Crippen molar-refractivity contribution in [2.75, 3.05) is 13.2 Å². The summed E-state index contributed by atoms with van der Waals surface area (Å²) in [6.45, 7) is 1.80. The fourth-order valence-electron chi connectivity index (χ4n) is 4.50. The Labute approximate surface area is 203 Å². The molecule has 0 aliphatic heterocycles. The Kier molecular flexibility index (Phi) is 6.44. The minimum absolute atomic E-state index is 0.0876. The number of hydrogen-bond acceptors (Lipinski definition) is 4. The molecule has 5 aromatic rings. The summed E-state index contributed by atoms with van der Waals surface area (Å²) in [7, 11) is 3.48. The van der Waals surface area contributed by atoms with Gasteiger partial charge in [-0.2, -0.15) is 0 Å². The molecule has 0 aliphatic carbocycles. The summed E-state index contributed by atoms with van der Waals surface area (Å²) in [4.78, 5) is 15.4. The zero-order valence-electron chi connectivity index (χ0n) is 20.0. The second-order valence-corrected chi connectivity index (χ2v) is 8.91. The lowest BCUT2D eigenvalue weighted by Crippen LogP contribution is -2.19. The van der Waals surface area contributed by atoms with Crippen molar-refractivity contribution in [3.8, 4) is 5.75 Å². The maximum absolute atomic E-state index is 12.1. The quantitative estimate of drug-likeness (QED) is 0.286. The number of nitrogens with one attached hydrogen (secondary N) is 2. The topological polar surface area (TPSA) is 84.2 Å². The number of hydrogen-bond donors (Lipinski definition) is 3. The average Bonchev–Trinajstić information content (AvgIpc) is 3.40. The van der Waals surface area contributed by atoms with E-state index >= 15 is 0 Å². The first-order chi connectivity index (χ1) is 17.0. The van der Waals surface area contributed by atoms with Gasteiger partial charge in [-0.15, -0.1) is 0 Å². The number of aliphatic hydroxyl groups is 1. The van der Waals surface area contributed by atoms with Crippen molar-refractivity contribution in [2.45, 2.75) is 19.1 Å². The van der Waals surface area contributed by atoms with Crippen LogP contribution in [0.2, 0.25) is 0 Å². The monoisotopic (exact) mass is 470 g/mol. The van der Waals surface area contributed by atoms with Crippen LogP contribution in [0.5, 0.6) is 5.75 Å². The van der Waals surface area contributed by atoms with E-state index in [1.807, 2.05) is 48.5 Å². The van der Waals surface area contributed by atoms with Gasteiger partial charge in [-0.3, -0.25) is 9.13 Å². The molecule has 0 amide bonds. The van der Waals surface area contributed by atoms with Crippen LogP contribution in [0.25, 0.3) is 21.9 Å². The van der Waals surface area contributed by atoms with Gasteiger partial charge in [0.1, 0.15) is 18.5 Å². The number of aryl methyl sites for hydroxylation is 2. The molecule has 1 atom stereocenters. The van der Waals surface area contributed by atoms with Crippen molar-refractivity contribution in [2.24, 2.45) is 14.1 Å². The SMILES string of the molecule is Cn1c(=O)n(C)c2cc([C@H](O)COc3ccc(CNCCc4c[nH]c5ccccc45)cc3)ccc21. The molecule has 2 heterocycles. The Balaban J connectivity index is 1.11. The van der Waals surface area contributed by atoms with Gasteiger partial charge in [0.15, 0.2) is 0 Å². The lowest BCUT2D eigenvalue weighted by atomic mass is 10.1. The Morgan fingerprint density at radius 3 is 2.60 bits per heavy atom. The van der Waals surface area contributed by atoms with Crippen molar-refractivity contribution in [3.63, 3.8) is 0 Å². The summed E-state index contributed by atoms with van der Waals surface area (Å²) >= 11 is 0. The molecule has 0 bridgehead atoms. The number of ether oxygens (including phenoxy) is 1. The summed E-state index contributed by atoms with van der Waals surface area (Å²) in [5, 5.41) is 15.4. The first-order valence-corrected chi connectivity index (χ1v) is 11.8. The number of aliphatic hydroxyl groups excluding tert-OH is 1. The Morgan fingerprint density at radius 1 is 1.00 bits per heavy atom. The maximum Gasteiger partial charge on any atom is 0.328 e. The minimum atomic E-state index is -0.791. The van der Waals surface area contributed by atoms with E-state index in [9.17, 15) is 9.90 Å². The van der Waals surface area contributed by atoms with E-state index in [0.29, 0.717) is 5.75 Å². The van der Waals surface area contributed by atoms with Crippen LogP contribution < -0.4 is 15.7 Å². The molecule has 0 radical (unpaired) electrons. The number of H-pyrrole nitrogens is 1. The normalized spacial score (nSPS) is 12.4. The molecule has 0 aliphatic rings. The van der Waals surface area contributed by atoms with E-state index in [-0.39, 0.29) is 12.3 Å². The van der Waals surface area contributed by atoms with Crippen molar-refractivity contribution in [1.29, 1.82) is 0 Å². The molecular formula is C28H30N4O3. The zero-order chi connectivity index (χ0) is 24.4. The van der Waals surface area contributed by atoms with Crippen LogP contribution in [0, 0.1) is 0 Å². The third-order valence-electron chi connectivity index (χ3n) is 6.59. The zero-order valence-corrected chi connectivity index (χ0v) is 20.0. The fraction of sp³-hybridized carbons (Fsp3) is 0.250. The standard InChI is InChI=1S/C28H30N4O3/c1-31-25-12-9-20(15-26(25)32(2)28(31)34)27(33)18-35-22-10-7-19(8-11-22)16-29-14-13-21-17-30-24-6-4-3-5-23(21)24/h3-12,15,17,27,29-30,33H,13-14,16,18H2,1-2H3/t27-/m1/s1. The molecule has 180 valence electrons. The predicted molar refractivity (Wildman–Crippen MR) is 139 cm³/mol. The summed E-state index contributed by atoms with van der Waals surface area (Å²) < 4.78 is 9.00. The van der Waals surface area contributed by atoms with E-state index in [1.54, 1.807) is 23.2 Å². The van der Waals surface area contributed by atoms with Gasteiger partial charge in [0.25, 0.3) is 0 Å². The molecule has 0 unspecified atom stereocenters. The second-order valence-electron chi connectivity index (χ2n) is 8.91. The largest absolute Gasteiger partial charge is 0.491 e. The van der Waals surface area contributed by atoms with Crippen molar-refractivity contribution >= 4 is 21.9 Å². The summed E-state index contributed by atoms with van der Waals surface area (Å²) in [5.74, 6) is 0.708. The van der Waals surface area contributed by atoms with Crippen molar-refractivity contribution < 1.29 is 9.84 Å². The Morgan fingerprint density at radius 2 is 1.77 bits per heavy atom. The van der Waals surface area contributed by atoms with Crippen LogP contribution >= 0.6 is 0 Å². The first kappa shape index (κ1) is 23.0. The average molecular weight is 471 g/mol. The van der Waals surface area contributed by atoms with Gasteiger partial charge in [-0.25, -0.2) is 4.79 Å². The molecule has 0 saturated heterocycles. The van der Waals surface area contributed by atoms with Gasteiger partial charge in [0, 0.05) is 37.7 Å². The van der Waals surface area contributed by atoms with Crippen LogP contribution in [0.4, 0.5) is 0 Å². The molecule has 7 nitrogen and oxygen atoms in total. The number of aromatic amines is 1. The van der Waals surface area contributed by atoms with Gasteiger partial charge in [0.2, 0.25) is 0 Å². The van der Waals surface area contributed by atoms with Crippen LogP contribution in [0.1, 0.15) is 22.8 Å². The van der Waals surface area contributed by atoms with E-state index in [4.69, 9.17) is 4.74 Å². The molecule has 35 heavy (non-hydrogen) atoms. The molecule has 0 saturated carbocycles. The molecule has 3 N–H and O–H groups in total. The Hall–Kier alpha value is -3.81. The number of para-hydroxylation sites is 1. The highest BCUT2D eigenvalue weighted by atomic mass is 16.5. The first-order valence-electron chi connectivity index (χ1n) is 11.8. The van der Waals surface area contributed by atoms with E-state index in [1.165, 1.54) is 22.0 Å². The number of fused-ring (bicyclic) bond motifs is 2. The second kappa shape index (κ2) is 9.82. The number of imidazole rings is 1. The van der Waals surface area contributed by atoms with Gasteiger partial charge >= 0.3 is 5.69 Å². The number of rotatable bonds is 9. The smallest absolute Gasteiger partial charge is 0.328 e. The molecule has 7 heteroatoms. The van der Waals surface area contributed by atoms with E-state index in [0.717, 1.165) is 36.1 Å². The molecular weight excluding hydrogens is 440 g/mol. The third kappa shape index (κ3) is 4.73. The Bertz CT molecular complexity index is 1510. The van der Waals surface area contributed by atoms with Crippen LogP contribution in [-0.4, -0.2) is 32.4 Å². The van der Waals surface area contributed by atoms with Gasteiger partial charge in [-0.1, -0.05) is 36.4 Å². The van der Waals surface area contributed by atoms with Gasteiger partial charge in [-0.05, 0) is 60.0 Å². The maximum atomic E-state index is 12.1. The predicted octanol–water partition coefficient (Wildman–Crippen LogP) is 3.80. The van der Waals surface area contributed by atoms with Crippen molar-refractivity contribution in [1.82, 2.24) is 19.4 Å². The summed E-state index contributed by atoms with van der Waals surface area (Å²) in [5.41, 5.74) is 5.92. The molecule has 5 rings (SSSR count).